The van der Waals surface area contributed by atoms with E-state index < -0.39 is 0 Å². The Balaban J connectivity index is 2.57. The Bertz CT molecular complexity index is 553. The summed E-state index contributed by atoms with van der Waals surface area (Å²) < 4.78 is 1.96. The molecule has 0 unspecified atom stereocenters. The largest absolute Gasteiger partial charge is 0.298 e. The molecule has 0 fully saturated rings. The molecule has 1 heterocycles. The van der Waals surface area contributed by atoms with Crippen LogP contribution in [0.2, 0.25) is 0 Å². The van der Waals surface area contributed by atoms with Crippen molar-refractivity contribution in [1.29, 1.82) is 0 Å². The molecule has 0 spiro atoms. The van der Waals surface area contributed by atoms with Gasteiger partial charge in [0.05, 0.1) is 5.69 Å². The first kappa shape index (κ1) is 12.6. The van der Waals surface area contributed by atoms with Crippen LogP contribution in [-0.4, -0.2) is 16.1 Å². The van der Waals surface area contributed by atoms with Crippen LogP contribution in [0, 0.1) is 0 Å². The highest BCUT2D eigenvalue weighted by atomic mass is 16.1. The third kappa shape index (κ3) is 2.08. The Kier molecular flexibility index (Phi) is 3.60. The molecule has 0 radical (unpaired) electrons. The Hall–Kier alpha value is -1.90. The highest BCUT2D eigenvalue weighted by Crippen LogP contribution is 2.28. The number of carbonyl (C=O) groups excluding carboxylic acids is 1. The number of hydrogen-bond acceptors (Lipinski definition) is 2. The van der Waals surface area contributed by atoms with Crippen molar-refractivity contribution in [3.8, 4) is 11.1 Å². The molecule has 2 aromatic rings. The summed E-state index contributed by atoms with van der Waals surface area (Å²) in [5, 5.41) is 4.57. The van der Waals surface area contributed by atoms with Crippen molar-refractivity contribution >= 4 is 6.29 Å². The average Bonchev–Trinajstić information content (AvgIpc) is 2.74. The van der Waals surface area contributed by atoms with E-state index in [-0.39, 0.29) is 0 Å². The molecule has 18 heavy (non-hydrogen) atoms. The molecule has 94 valence electrons. The zero-order chi connectivity index (χ0) is 13.1. The number of carbonyl (C=O) groups is 1. The topological polar surface area (TPSA) is 34.9 Å². The summed E-state index contributed by atoms with van der Waals surface area (Å²) in [5.74, 6) is 0. The van der Waals surface area contributed by atoms with Crippen molar-refractivity contribution in [2.24, 2.45) is 7.05 Å². The van der Waals surface area contributed by atoms with Crippen LogP contribution in [-0.2, 0) is 19.9 Å². The van der Waals surface area contributed by atoms with Gasteiger partial charge in [0.15, 0.2) is 0 Å². The van der Waals surface area contributed by atoms with Gasteiger partial charge in [0, 0.05) is 23.9 Å². The molecule has 2 rings (SSSR count). The van der Waals surface area contributed by atoms with Crippen molar-refractivity contribution in [2.45, 2.75) is 26.7 Å². The maximum absolute atomic E-state index is 10.7. The lowest BCUT2D eigenvalue weighted by Gasteiger charge is -2.05. The quantitative estimate of drug-likeness (QED) is 0.772. The Morgan fingerprint density at radius 3 is 2.33 bits per heavy atom. The van der Waals surface area contributed by atoms with Gasteiger partial charge < -0.3 is 0 Å². The summed E-state index contributed by atoms with van der Waals surface area (Å²) in [6.07, 6.45) is 2.74. The lowest BCUT2D eigenvalue weighted by molar-refractivity contribution is 0.112. The third-order valence-corrected chi connectivity index (χ3v) is 3.24. The molecule has 1 aromatic heterocycles. The highest BCUT2D eigenvalue weighted by molar-refractivity contribution is 5.77. The minimum absolute atomic E-state index is 0.707. The van der Waals surface area contributed by atoms with E-state index >= 15 is 0 Å². The van der Waals surface area contributed by atoms with Crippen LogP contribution in [0.1, 0.15) is 35.6 Å². The smallest absolute Gasteiger partial charge is 0.150 e. The van der Waals surface area contributed by atoms with E-state index in [0.29, 0.717) is 5.56 Å². The Labute approximate surface area is 107 Å². The normalized spacial score (nSPS) is 10.6. The van der Waals surface area contributed by atoms with Gasteiger partial charge in [0.2, 0.25) is 0 Å². The van der Waals surface area contributed by atoms with Crippen molar-refractivity contribution in [2.75, 3.05) is 0 Å². The molecule has 0 aliphatic heterocycles. The van der Waals surface area contributed by atoms with Crippen LogP contribution in [0.5, 0.6) is 0 Å². The number of nitrogens with zero attached hydrogens (tertiary/aromatic N) is 2. The first-order valence-electron chi connectivity index (χ1n) is 6.31. The molecule has 0 saturated carbocycles. The van der Waals surface area contributed by atoms with Crippen molar-refractivity contribution in [1.82, 2.24) is 9.78 Å². The maximum atomic E-state index is 10.7. The van der Waals surface area contributed by atoms with Gasteiger partial charge in [-0.1, -0.05) is 38.1 Å². The van der Waals surface area contributed by atoms with Crippen LogP contribution in [0.15, 0.2) is 24.3 Å². The highest BCUT2D eigenvalue weighted by Gasteiger charge is 2.14. The van der Waals surface area contributed by atoms with E-state index in [9.17, 15) is 4.79 Å². The standard InChI is InChI=1S/C15H18N2O/c1-4-13-15(14(5-2)17(3)16-13)12-8-6-11(10-18)7-9-12/h6-10H,4-5H2,1-3H3. The van der Waals surface area contributed by atoms with Gasteiger partial charge in [0.25, 0.3) is 0 Å². The van der Waals surface area contributed by atoms with Gasteiger partial charge in [0.1, 0.15) is 6.29 Å². The molecule has 0 amide bonds. The fourth-order valence-corrected chi connectivity index (χ4v) is 2.33. The number of aromatic nitrogens is 2. The Morgan fingerprint density at radius 2 is 1.83 bits per heavy atom. The molecule has 0 bridgehead atoms. The second-order valence-corrected chi connectivity index (χ2v) is 4.34. The zero-order valence-electron chi connectivity index (χ0n) is 11.1. The predicted octanol–water partition coefficient (Wildman–Crippen LogP) is 3.02. The summed E-state index contributed by atoms with van der Waals surface area (Å²) in [6.45, 7) is 4.25. The third-order valence-electron chi connectivity index (χ3n) is 3.24. The van der Waals surface area contributed by atoms with Crippen LogP contribution in [0.25, 0.3) is 11.1 Å². The summed E-state index contributed by atoms with van der Waals surface area (Å²) in [5.41, 5.74) is 5.43. The number of hydrogen-bond donors (Lipinski definition) is 0. The SMILES string of the molecule is CCc1nn(C)c(CC)c1-c1ccc(C=O)cc1. The Morgan fingerprint density at radius 1 is 1.17 bits per heavy atom. The lowest BCUT2D eigenvalue weighted by Crippen LogP contribution is -1.97. The zero-order valence-corrected chi connectivity index (χ0v) is 11.1. The first-order valence-corrected chi connectivity index (χ1v) is 6.31. The molecule has 0 N–H and O–H groups in total. The monoisotopic (exact) mass is 242 g/mol. The van der Waals surface area contributed by atoms with E-state index in [1.165, 1.54) is 11.3 Å². The number of aldehydes is 1. The second-order valence-electron chi connectivity index (χ2n) is 4.34. The van der Waals surface area contributed by atoms with Crippen LogP contribution in [0.3, 0.4) is 0 Å². The number of aryl methyl sites for hydroxylation is 2. The van der Waals surface area contributed by atoms with Crippen molar-refractivity contribution in [3.63, 3.8) is 0 Å². The molecule has 0 atom stereocenters. The molecule has 0 aliphatic rings. The molecular formula is C15H18N2O. The van der Waals surface area contributed by atoms with E-state index in [4.69, 9.17) is 0 Å². The number of benzene rings is 1. The summed E-state index contributed by atoms with van der Waals surface area (Å²) in [4.78, 5) is 10.7. The van der Waals surface area contributed by atoms with Gasteiger partial charge in [-0.05, 0) is 18.4 Å². The molecule has 0 aliphatic carbocycles. The molecule has 3 nitrogen and oxygen atoms in total. The molecule has 3 heteroatoms. The van der Waals surface area contributed by atoms with Gasteiger partial charge in [-0.15, -0.1) is 0 Å². The maximum Gasteiger partial charge on any atom is 0.150 e. The average molecular weight is 242 g/mol. The first-order chi connectivity index (χ1) is 8.71. The van der Waals surface area contributed by atoms with Crippen LogP contribution >= 0.6 is 0 Å². The van der Waals surface area contributed by atoms with Gasteiger partial charge in [-0.25, -0.2) is 0 Å². The van der Waals surface area contributed by atoms with E-state index in [1.807, 2.05) is 36.0 Å². The van der Waals surface area contributed by atoms with E-state index in [2.05, 4.69) is 18.9 Å². The van der Waals surface area contributed by atoms with Crippen molar-refractivity contribution in [3.05, 3.63) is 41.2 Å². The molecular weight excluding hydrogens is 224 g/mol. The van der Waals surface area contributed by atoms with Crippen LogP contribution < -0.4 is 0 Å². The number of rotatable bonds is 4. The summed E-state index contributed by atoms with van der Waals surface area (Å²) in [7, 11) is 1.99. The minimum Gasteiger partial charge on any atom is -0.298 e. The molecule has 0 saturated heterocycles. The van der Waals surface area contributed by atoms with Crippen molar-refractivity contribution < 1.29 is 4.79 Å². The van der Waals surface area contributed by atoms with Crippen LogP contribution in [0.4, 0.5) is 0 Å². The van der Waals surface area contributed by atoms with E-state index in [1.54, 1.807) is 0 Å². The minimum atomic E-state index is 0.707. The fraction of sp³-hybridized carbons (Fsp3) is 0.333. The van der Waals surface area contributed by atoms with Gasteiger partial charge in [-0.3, -0.25) is 9.48 Å². The second kappa shape index (κ2) is 5.17. The summed E-state index contributed by atoms with van der Waals surface area (Å²) >= 11 is 0. The summed E-state index contributed by atoms with van der Waals surface area (Å²) in [6, 6.07) is 7.71. The molecule has 1 aromatic carbocycles. The van der Waals surface area contributed by atoms with E-state index in [0.717, 1.165) is 30.4 Å². The predicted molar refractivity (Wildman–Crippen MR) is 72.8 cm³/mol. The van der Waals surface area contributed by atoms with Gasteiger partial charge in [-0.2, -0.15) is 5.10 Å². The lowest BCUT2D eigenvalue weighted by atomic mass is 9.99. The van der Waals surface area contributed by atoms with Gasteiger partial charge >= 0.3 is 0 Å². The fourth-order valence-electron chi connectivity index (χ4n) is 2.33.